The van der Waals surface area contributed by atoms with Crippen molar-refractivity contribution in [2.75, 3.05) is 0 Å². The summed E-state index contributed by atoms with van der Waals surface area (Å²) in [5, 5.41) is 2.62. The van der Waals surface area contributed by atoms with E-state index in [-0.39, 0.29) is 0 Å². The summed E-state index contributed by atoms with van der Waals surface area (Å²) in [6.07, 6.45) is 5.05. The summed E-state index contributed by atoms with van der Waals surface area (Å²) in [5.74, 6) is 0. The molecule has 0 spiro atoms. The second-order valence-electron chi connectivity index (χ2n) is 5.61. The Hall–Kier alpha value is -2.08. The summed E-state index contributed by atoms with van der Waals surface area (Å²) < 4.78 is 0. The Bertz CT molecular complexity index is 763. The van der Waals surface area contributed by atoms with Crippen LogP contribution in [0.15, 0.2) is 54.6 Å². The molecule has 1 aliphatic carbocycles. The second kappa shape index (κ2) is 4.79. The van der Waals surface area contributed by atoms with E-state index in [1.54, 1.807) is 0 Å². The van der Waals surface area contributed by atoms with Crippen molar-refractivity contribution in [2.45, 2.75) is 25.7 Å². The number of rotatable bonds is 1. The first kappa shape index (κ1) is 11.7. The lowest BCUT2D eigenvalue weighted by Crippen LogP contribution is -2.02. The standard InChI is InChI=1S/C20H17/c1-2-8-17-14-18(13-12-15(17)6-1)20-11-5-9-16-7-3-4-10-19(16)20/h3-5,7,9-13H,1-2,6,8H2. The largest absolute Gasteiger partial charge is 0.0616 e. The quantitative estimate of drug-likeness (QED) is 0.563. The molecule has 0 amide bonds. The fourth-order valence-electron chi connectivity index (χ4n) is 3.26. The Kier molecular flexibility index (Phi) is 2.81. The molecule has 3 aromatic carbocycles. The molecule has 1 radical (unpaired) electrons. The van der Waals surface area contributed by atoms with Crippen molar-refractivity contribution in [3.05, 3.63) is 71.8 Å². The fraction of sp³-hybridized carbons (Fsp3) is 0.200. The minimum absolute atomic E-state index is 1.19. The molecular weight excluding hydrogens is 240 g/mol. The van der Waals surface area contributed by atoms with Gasteiger partial charge in [0.2, 0.25) is 0 Å². The average molecular weight is 257 g/mol. The molecule has 0 fully saturated rings. The zero-order valence-electron chi connectivity index (χ0n) is 11.5. The van der Waals surface area contributed by atoms with E-state index in [1.165, 1.54) is 58.7 Å². The molecule has 0 atom stereocenters. The van der Waals surface area contributed by atoms with Gasteiger partial charge in [-0.25, -0.2) is 0 Å². The van der Waals surface area contributed by atoms with E-state index in [9.17, 15) is 0 Å². The summed E-state index contributed by atoms with van der Waals surface area (Å²) >= 11 is 0. The molecule has 97 valence electrons. The smallest absolute Gasteiger partial charge is 0.00612 e. The van der Waals surface area contributed by atoms with Gasteiger partial charge in [-0.15, -0.1) is 0 Å². The maximum absolute atomic E-state index is 3.67. The van der Waals surface area contributed by atoms with E-state index in [0.29, 0.717) is 0 Å². The predicted octanol–water partition coefficient (Wildman–Crippen LogP) is 5.19. The van der Waals surface area contributed by atoms with Gasteiger partial charge in [0.1, 0.15) is 0 Å². The summed E-state index contributed by atoms with van der Waals surface area (Å²) in [7, 11) is 0. The summed E-state index contributed by atoms with van der Waals surface area (Å²) in [6, 6.07) is 23.4. The normalized spacial score (nSPS) is 14.2. The summed E-state index contributed by atoms with van der Waals surface area (Å²) in [6.45, 7) is 0. The number of hydrogen-bond donors (Lipinski definition) is 0. The van der Waals surface area contributed by atoms with E-state index in [0.717, 1.165) is 0 Å². The van der Waals surface area contributed by atoms with E-state index in [4.69, 9.17) is 0 Å². The van der Waals surface area contributed by atoms with Crippen molar-refractivity contribution in [1.82, 2.24) is 0 Å². The average Bonchev–Trinajstić information content (AvgIpc) is 2.54. The maximum Gasteiger partial charge on any atom is -0.00612 e. The highest BCUT2D eigenvalue weighted by Crippen LogP contribution is 2.31. The van der Waals surface area contributed by atoms with E-state index >= 15 is 0 Å². The highest BCUT2D eigenvalue weighted by molar-refractivity contribution is 5.96. The van der Waals surface area contributed by atoms with Crippen LogP contribution in [0, 0.1) is 6.07 Å². The van der Waals surface area contributed by atoms with Crippen LogP contribution < -0.4 is 0 Å². The minimum atomic E-state index is 1.19. The van der Waals surface area contributed by atoms with Crippen molar-refractivity contribution in [3.8, 4) is 11.1 Å². The van der Waals surface area contributed by atoms with Crippen LogP contribution in [-0.4, -0.2) is 0 Å². The molecule has 0 saturated heterocycles. The van der Waals surface area contributed by atoms with Crippen LogP contribution in [0.1, 0.15) is 24.0 Å². The van der Waals surface area contributed by atoms with Crippen molar-refractivity contribution >= 4 is 10.8 Å². The lowest BCUT2D eigenvalue weighted by atomic mass is 9.88. The lowest BCUT2D eigenvalue weighted by Gasteiger charge is -2.16. The fourth-order valence-corrected chi connectivity index (χ4v) is 3.26. The predicted molar refractivity (Wildman–Crippen MR) is 84.9 cm³/mol. The molecule has 1 aliphatic rings. The Balaban J connectivity index is 1.91. The molecule has 4 rings (SSSR count). The first-order valence-corrected chi connectivity index (χ1v) is 7.44. The van der Waals surface area contributed by atoms with Crippen LogP contribution in [0.3, 0.4) is 0 Å². The lowest BCUT2D eigenvalue weighted by molar-refractivity contribution is 0.685. The molecule has 20 heavy (non-hydrogen) atoms. The monoisotopic (exact) mass is 257 g/mol. The molecule has 0 saturated carbocycles. The molecular formula is C20H17. The Morgan fingerprint density at radius 1 is 0.750 bits per heavy atom. The number of hydrogen-bond acceptors (Lipinski definition) is 0. The highest BCUT2D eigenvalue weighted by Gasteiger charge is 2.11. The topological polar surface area (TPSA) is 0 Å². The Morgan fingerprint density at radius 2 is 1.60 bits per heavy atom. The van der Waals surface area contributed by atoms with Crippen LogP contribution in [0.5, 0.6) is 0 Å². The van der Waals surface area contributed by atoms with E-state index < -0.39 is 0 Å². The van der Waals surface area contributed by atoms with Gasteiger partial charge in [-0.1, -0.05) is 54.6 Å². The van der Waals surface area contributed by atoms with Gasteiger partial charge in [0.05, 0.1) is 0 Å². The molecule has 0 heteroatoms. The molecule has 0 aliphatic heterocycles. The molecule has 3 aromatic rings. The van der Waals surface area contributed by atoms with Crippen LogP contribution in [-0.2, 0) is 12.8 Å². The van der Waals surface area contributed by atoms with Gasteiger partial charge in [-0.3, -0.25) is 0 Å². The van der Waals surface area contributed by atoms with Crippen molar-refractivity contribution < 1.29 is 0 Å². The van der Waals surface area contributed by atoms with Crippen LogP contribution in [0.4, 0.5) is 0 Å². The first-order valence-electron chi connectivity index (χ1n) is 7.44. The molecule has 0 N–H and O–H groups in total. The third-order valence-corrected chi connectivity index (χ3v) is 4.33. The van der Waals surface area contributed by atoms with Crippen molar-refractivity contribution in [2.24, 2.45) is 0 Å². The van der Waals surface area contributed by atoms with Crippen LogP contribution >= 0.6 is 0 Å². The van der Waals surface area contributed by atoms with Crippen molar-refractivity contribution in [1.29, 1.82) is 0 Å². The van der Waals surface area contributed by atoms with Gasteiger partial charge in [0.25, 0.3) is 0 Å². The zero-order chi connectivity index (χ0) is 13.4. The van der Waals surface area contributed by atoms with Gasteiger partial charge in [-0.2, -0.15) is 0 Å². The Labute approximate surface area is 120 Å². The third-order valence-electron chi connectivity index (χ3n) is 4.33. The number of aryl methyl sites for hydroxylation is 2. The first-order chi connectivity index (χ1) is 9.92. The summed E-state index contributed by atoms with van der Waals surface area (Å²) in [4.78, 5) is 0. The maximum atomic E-state index is 3.67. The molecule has 0 nitrogen and oxygen atoms in total. The van der Waals surface area contributed by atoms with E-state index in [1.807, 2.05) is 0 Å². The zero-order valence-corrected chi connectivity index (χ0v) is 11.5. The second-order valence-corrected chi connectivity index (χ2v) is 5.61. The number of benzene rings is 3. The van der Waals surface area contributed by atoms with Gasteiger partial charge < -0.3 is 0 Å². The van der Waals surface area contributed by atoms with Gasteiger partial charge in [-0.05, 0) is 64.8 Å². The van der Waals surface area contributed by atoms with Crippen LogP contribution in [0.2, 0.25) is 0 Å². The van der Waals surface area contributed by atoms with Crippen LogP contribution in [0.25, 0.3) is 21.9 Å². The molecule has 0 bridgehead atoms. The van der Waals surface area contributed by atoms with E-state index in [2.05, 4.69) is 60.7 Å². The van der Waals surface area contributed by atoms with Gasteiger partial charge in [0, 0.05) is 0 Å². The molecule has 0 unspecified atom stereocenters. The molecule has 0 heterocycles. The Morgan fingerprint density at radius 3 is 2.60 bits per heavy atom. The van der Waals surface area contributed by atoms with Gasteiger partial charge >= 0.3 is 0 Å². The molecule has 0 aromatic heterocycles. The minimum Gasteiger partial charge on any atom is -0.0616 e. The number of fused-ring (bicyclic) bond motifs is 2. The highest BCUT2D eigenvalue weighted by atomic mass is 14.2. The summed E-state index contributed by atoms with van der Waals surface area (Å²) in [5.41, 5.74) is 5.47. The van der Waals surface area contributed by atoms with Crippen molar-refractivity contribution in [3.63, 3.8) is 0 Å². The van der Waals surface area contributed by atoms with Gasteiger partial charge in [0.15, 0.2) is 0 Å². The third kappa shape index (κ3) is 1.92. The SMILES string of the molecule is [c]1c(-c2cccc3ccccc23)ccc2c1CCCC2.